The zero-order chi connectivity index (χ0) is 14.8. The first kappa shape index (κ1) is 16.0. The SMILES string of the molecule is CCc1nn(C)c(CC2(CNCC(C)C)CCC2)c1Br. The predicted octanol–water partition coefficient (Wildman–Crippen LogP) is 3.70. The molecule has 0 aromatic carbocycles. The predicted molar refractivity (Wildman–Crippen MR) is 88.0 cm³/mol. The van der Waals surface area contributed by atoms with Crippen molar-refractivity contribution in [3.8, 4) is 0 Å². The molecule has 0 aliphatic heterocycles. The Morgan fingerprint density at radius 3 is 2.55 bits per heavy atom. The van der Waals surface area contributed by atoms with Crippen LogP contribution < -0.4 is 5.32 Å². The average Bonchev–Trinajstić information content (AvgIpc) is 2.62. The van der Waals surface area contributed by atoms with Crippen LogP contribution in [0.4, 0.5) is 0 Å². The molecule has 1 aliphatic carbocycles. The van der Waals surface area contributed by atoms with Crippen molar-refractivity contribution in [2.24, 2.45) is 18.4 Å². The van der Waals surface area contributed by atoms with Gasteiger partial charge >= 0.3 is 0 Å². The van der Waals surface area contributed by atoms with Crippen LogP contribution in [0.3, 0.4) is 0 Å². The van der Waals surface area contributed by atoms with Gasteiger partial charge in [0.05, 0.1) is 15.9 Å². The van der Waals surface area contributed by atoms with E-state index in [9.17, 15) is 0 Å². The van der Waals surface area contributed by atoms with Crippen LogP contribution in [0.1, 0.15) is 51.4 Å². The van der Waals surface area contributed by atoms with Gasteiger partial charge < -0.3 is 5.32 Å². The summed E-state index contributed by atoms with van der Waals surface area (Å²) in [7, 11) is 2.08. The number of aromatic nitrogens is 2. The summed E-state index contributed by atoms with van der Waals surface area (Å²) in [6, 6.07) is 0. The molecule has 3 nitrogen and oxygen atoms in total. The summed E-state index contributed by atoms with van der Waals surface area (Å²) in [5, 5.41) is 8.29. The molecular weight excluding hydrogens is 314 g/mol. The number of hydrogen-bond donors (Lipinski definition) is 1. The Hall–Kier alpha value is -0.350. The standard InChI is InChI=1S/C16H28BrN3/c1-5-13-15(17)14(20(4)19-13)9-16(7-6-8-16)11-18-10-12(2)3/h12,18H,5-11H2,1-4H3. The van der Waals surface area contributed by atoms with Crippen molar-refractivity contribution >= 4 is 15.9 Å². The molecule has 114 valence electrons. The molecule has 1 aromatic rings. The Labute approximate surface area is 131 Å². The summed E-state index contributed by atoms with van der Waals surface area (Å²) in [6.45, 7) is 8.97. The zero-order valence-corrected chi connectivity index (χ0v) is 14.9. The van der Waals surface area contributed by atoms with Gasteiger partial charge in [0.1, 0.15) is 0 Å². The maximum atomic E-state index is 4.63. The Morgan fingerprint density at radius 2 is 2.10 bits per heavy atom. The van der Waals surface area contributed by atoms with E-state index in [1.165, 1.54) is 35.1 Å². The minimum absolute atomic E-state index is 0.455. The van der Waals surface area contributed by atoms with Crippen molar-refractivity contribution in [2.75, 3.05) is 13.1 Å². The van der Waals surface area contributed by atoms with E-state index in [0.29, 0.717) is 5.41 Å². The van der Waals surface area contributed by atoms with Crippen LogP contribution in [-0.2, 0) is 19.9 Å². The summed E-state index contributed by atoms with van der Waals surface area (Å²) < 4.78 is 3.31. The van der Waals surface area contributed by atoms with Gasteiger partial charge in [-0.2, -0.15) is 5.10 Å². The normalized spacial score (nSPS) is 17.5. The van der Waals surface area contributed by atoms with E-state index in [2.05, 4.69) is 58.8 Å². The van der Waals surface area contributed by atoms with Crippen LogP contribution >= 0.6 is 15.9 Å². The number of nitrogens with one attached hydrogen (secondary N) is 1. The minimum atomic E-state index is 0.455. The molecule has 1 N–H and O–H groups in total. The molecule has 0 radical (unpaired) electrons. The van der Waals surface area contributed by atoms with E-state index in [-0.39, 0.29) is 0 Å². The van der Waals surface area contributed by atoms with Crippen molar-refractivity contribution in [2.45, 2.75) is 52.9 Å². The van der Waals surface area contributed by atoms with E-state index in [0.717, 1.165) is 31.8 Å². The topological polar surface area (TPSA) is 29.9 Å². The maximum Gasteiger partial charge on any atom is 0.0766 e. The Bertz CT molecular complexity index is 447. The van der Waals surface area contributed by atoms with Gasteiger partial charge in [-0.1, -0.05) is 27.2 Å². The summed E-state index contributed by atoms with van der Waals surface area (Å²) in [6.07, 6.45) is 6.20. The number of halogens is 1. The average molecular weight is 342 g/mol. The first-order valence-corrected chi connectivity index (χ1v) is 8.67. The van der Waals surface area contributed by atoms with Crippen molar-refractivity contribution in [1.82, 2.24) is 15.1 Å². The van der Waals surface area contributed by atoms with E-state index in [1.54, 1.807) is 0 Å². The summed E-state index contributed by atoms with van der Waals surface area (Å²) in [5.74, 6) is 0.724. The Morgan fingerprint density at radius 1 is 1.40 bits per heavy atom. The molecule has 2 rings (SSSR count). The van der Waals surface area contributed by atoms with E-state index in [4.69, 9.17) is 0 Å². The van der Waals surface area contributed by atoms with E-state index in [1.807, 2.05) is 0 Å². The fourth-order valence-electron chi connectivity index (χ4n) is 3.09. The lowest BCUT2D eigenvalue weighted by atomic mass is 9.66. The molecule has 1 aromatic heterocycles. The molecular formula is C16H28BrN3. The van der Waals surface area contributed by atoms with Crippen molar-refractivity contribution in [3.05, 3.63) is 15.9 Å². The number of hydrogen-bond acceptors (Lipinski definition) is 2. The smallest absolute Gasteiger partial charge is 0.0766 e. The van der Waals surface area contributed by atoms with E-state index >= 15 is 0 Å². The second kappa shape index (κ2) is 6.61. The third-order valence-corrected chi connectivity index (χ3v) is 5.43. The second-order valence-electron chi connectivity index (χ2n) is 6.74. The fourth-order valence-corrected chi connectivity index (χ4v) is 3.84. The van der Waals surface area contributed by atoms with E-state index < -0.39 is 0 Å². The lowest BCUT2D eigenvalue weighted by Gasteiger charge is -2.42. The molecule has 0 bridgehead atoms. The molecule has 20 heavy (non-hydrogen) atoms. The second-order valence-corrected chi connectivity index (χ2v) is 7.53. The highest BCUT2D eigenvalue weighted by molar-refractivity contribution is 9.10. The summed E-state index contributed by atoms with van der Waals surface area (Å²) in [5.41, 5.74) is 3.01. The quantitative estimate of drug-likeness (QED) is 0.819. The monoisotopic (exact) mass is 341 g/mol. The van der Waals surface area contributed by atoms with Gasteiger partial charge in [-0.05, 0) is 59.5 Å². The van der Waals surface area contributed by atoms with Crippen LogP contribution in [-0.4, -0.2) is 22.9 Å². The molecule has 1 heterocycles. The largest absolute Gasteiger partial charge is 0.316 e. The van der Waals surface area contributed by atoms with Gasteiger partial charge in [0.25, 0.3) is 0 Å². The van der Waals surface area contributed by atoms with Crippen molar-refractivity contribution < 1.29 is 0 Å². The van der Waals surface area contributed by atoms with Gasteiger partial charge in [0.15, 0.2) is 0 Å². The molecule has 0 unspecified atom stereocenters. The van der Waals surface area contributed by atoms with Gasteiger partial charge in [-0.25, -0.2) is 0 Å². The minimum Gasteiger partial charge on any atom is -0.316 e. The molecule has 1 aliphatic rings. The van der Waals surface area contributed by atoms with Crippen LogP contribution in [0.5, 0.6) is 0 Å². The van der Waals surface area contributed by atoms with Crippen molar-refractivity contribution in [1.29, 1.82) is 0 Å². The van der Waals surface area contributed by atoms with Crippen molar-refractivity contribution in [3.63, 3.8) is 0 Å². The molecule has 0 amide bonds. The number of aryl methyl sites for hydroxylation is 2. The van der Waals surface area contributed by atoms with Gasteiger partial charge in [0.2, 0.25) is 0 Å². The maximum absolute atomic E-state index is 4.63. The molecule has 4 heteroatoms. The summed E-state index contributed by atoms with van der Waals surface area (Å²) >= 11 is 3.76. The van der Waals surface area contributed by atoms with Gasteiger partial charge in [-0.15, -0.1) is 0 Å². The first-order valence-electron chi connectivity index (χ1n) is 7.88. The number of rotatable bonds is 7. The highest BCUT2D eigenvalue weighted by Gasteiger charge is 2.38. The van der Waals surface area contributed by atoms with Crippen LogP contribution in [0.2, 0.25) is 0 Å². The molecule has 1 fully saturated rings. The molecule has 1 saturated carbocycles. The lowest BCUT2D eigenvalue weighted by molar-refractivity contribution is 0.125. The summed E-state index contributed by atoms with van der Waals surface area (Å²) in [4.78, 5) is 0. The molecule has 0 atom stereocenters. The Balaban J connectivity index is 2.04. The van der Waals surface area contributed by atoms with Gasteiger partial charge in [-0.3, -0.25) is 4.68 Å². The lowest BCUT2D eigenvalue weighted by Crippen LogP contribution is -2.43. The highest BCUT2D eigenvalue weighted by Crippen LogP contribution is 2.44. The third-order valence-electron chi connectivity index (χ3n) is 4.51. The molecule has 0 saturated heterocycles. The number of nitrogens with zero attached hydrogens (tertiary/aromatic N) is 2. The highest BCUT2D eigenvalue weighted by atomic mass is 79.9. The Kier molecular flexibility index (Phi) is 5.30. The van der Waals surface area contributed by atoms with Crippen LogP contribution in [0.25, 0.3) is 0 Å². The first-order chi connectivity index (χ1) is 9.47. The van der Waals surface area contributed by atoms with Gasteiger partial charge in [0, 0.05) is 13.6 Å². The third kappa shape index (κ3) is 3.45. The zero-order valence-electron chi connectivity index (χ0n) is 13.3. The van der Waals surface area contributed by atoms with Crippen LogP contribution in [0, 0.1) is 11.3 Å². The fraction of sp³-hybridized carbons (Fsp3) is 0.812. The molecule has 0 spiro atoms. The van der Waals surface area contributed by atoms with Crippen LogP contribution in [0.15, 0.2) is 4.47 Å².